The standard InChI is InChI=1S/C7H11Cl.C2H2/c1-3-5-6-7(8)4-2;1-2/h4-6H,3H2,1-2H3;1-2H/b6-5-,7-4+;. The van der Waals surface area contributed by atoms with Crippen LogP contribution in [0.5, 0.6) is 0 Å². The fraction of sp³-hybridized carbons (Fsp3) is 0.333. The Labute approximate surface area is 68.6 Å². The molecule has 0 aliphatic carbocycles. The molecule has 0 aromatic heterocycles. The van der Waals surface area contributed by atoms with E-state index in [-0.39, 0.29) is 0 Å². The second-order valence-electron chi connectivity index (χ2n) is 1.48. The van der Waals surface area contributed by atoms with Crippen LogP contribution in [0, 0.1) is 12.8 Å². The van der Waals surface area contributed by atoms with E-state index >= 15 is 0 Å². The summed E-state index contributed by atoms with van der Waals surface area (Å²) in [5.74, 6) is 0. The van der Waals surface area contributed by atoms with Crippen molar-refractivity contribution < 1.29 is 0 Å². The highest BCUT2D eigenvalue weighted by atomic mass is 35.5. The van der Waals surface area contributed by atoms with Crippen LogP contribution in [0.25, 0.3) is 0 Å². The SMILES string of the molecule is C#C.C/C=C(Cl)\C=C/CC. The maximum Gasteiger partial charge on any atom is 0.0360 e. The quantitative estimate of drug-likeness (QED) is 0.425. The van der Waals surface area contributed by atoms with E-state index in [0.717, 1.165) is 11.5 Å². The zero-order chi connectivity index (χ0) is 8.41. The smallest absolute Gasteiger partial charge is 0.0360 e. The summed E-state index contributed by atoms with van der Waals surface area (Å²) in [6, 6.07) is 0. The third-order valence-corrected chi connectivity index (χ3v) is 1.13. The molecule has 0 amide bonds. The average molecular weight is 157 g/mol. The summed E-state index contributed by atoms with van der Waals surface area (Å²) in [7, 11) is 0. The molecule has 0 fully saturated rings. The number of rotatable bonds is 2. The topological polar surface area (TPSA) is 0 Å². The molecule has 56 valence electrons. The largest absolute Gasteiger partial charge is 0.124 e. The lowest BCUT2D eigenvalue weighted by Gasteiger charge is -1.81. The summed E-state index contributed by atoms with van der Waals surface area (Å²) in [6.07, 6.45) is 14.8. The van der Waals surface area contributed by atoms with Gasteiger partial charge in [-0.15, -0.1) is 12.8 Å². The minimum atomic E-state index is 0.812. The van der Waals surface area contributed by atoms with E-state index in [1.807, 2.05) is 25.2 Å². The average Bonchev–Trinajstić information content (AvgIpc) is 2.04. The lowest BCUT2D eigenvalue weighted by Crippen LogP contribution is -1.58. The van der Waals surface area contributed by atoms with Gasteiger partial charge in [-0.3, -0.25) is 0 Å². The number of hydrogen-bond acceptors (Lipinski definition) is 0. The molecule has 0 rings (SSSR count). The molecule has 1 heteroatoms. The molecule has 0 unspecified atom stereocenters. The molecular formula is C9H13Cl. The van der Waals surface area contributed by atoms with Gasteiger partial charge in [-0.2, -0.15) is 0 Å². The predicted molar refractivity (Wildman–Crippen MR) is 48.9 cm³/mol. The molecule has 0 nitrogen and oxygen atoms in total. The van der Waals surface area contributed by atoms with Crippen molar-refractivity contribution in [3.8, 4) is 12.8 Å². The van der Waals surface area contributed by atoms with Crippen molar-refractivity contribution in [2.45, 2.75) is 20.3 Å². The van der Waals surface area contributed by atoms with Crippen LogP contribution in [-0.2, 0) is 0 Å². The predicted octanol–water partition coefficient (Wildman–Crippen LogP) is 3.34. The zero-order valence-electron chi connectivity index (χ0n) is 6.47. The van der Waals surface area contributed by atoms with Crippen molar-refractivity contribution in [3.05, 3.63) is 23.3 Å². The minimum absolute atomic E-state index is 0.812. The zero-order valence-corrected chi connectivity index (χ0v) is 7.23. The van der Waals surface area contributed by atoms with Gasteiger partial charge in [0.05, 0.1) is 0 Å². The maximum absolute atomic E-state index is 5.62. The van der Waals surface area contributed by atoms with Gasteiger partial charge in [0.2, 0.25) is 0 Å². The van der Waals surface area contributed by atoms with Crippen molar-refractivity contribution in [3.63, 3.8) is 0 Å². The van der Waals surface area contributed by atoms with E-state index in [1.165, 1.54) is 0 Å². The van der Waals surface area contributed by atoms with Gasteiger partial charge in [0.25, 0.3) is 0 Å². The maximum atomic E-state index is 5.62. The number of allylic oxidation sites excluding steroid dienone is 4. The highest BCUT2D eigenvalue weighted by molar-refractivity contribution is 6.31. The monoisotopic (exact) mass is 156 g/mol. The Bertz CT molecular complexity index is 129. The second-order valence-corrected chi connectivity index (χ2v) is 1.92. The molecule has 10 heavy (non-hydrogen) atoms. The summed E-state index contributed by atoms with van der Waals surface area (Å²) < 4.78 is 0. The van der Waals surface area contributed by atoms with Crippen LogP contribution in [0.1, 0.15) is 20.3 Å². The Hall–Kier alpha value is -0.670. The molecule has 0 aromatic carbocycles. The minimum Gasteiger partial charge on any atom is -0.124 e. The molecule has 0 N–H and O–H groups in total. The summed E-state index contributed by atoms with van der Waals surface area (Å²) in [6.45, 7) is 4.00. The first-order valence-corrected chi connectivity index (χ1v) is 3.50. The lowest BCUT2D eigenvalue weighted by atomic mass is 10.4. The molecule has 0 aromatic rings. The molecule has 0 bridgehead atoms. The van der Waals surface area contributed by atoms with Crippen molar-refractivity contribution in [2.75, 3.05) is 0 Å². The van der Waals surface area contributed by atoms with Crippen LogP contribution in [-0.4, -0.2) is 0 Å². The van der Waals surface area contributed by atoms with Gasteiger partial charge in [0.1, 0.15) is 0 Å². The highest BCUT2D eigenvalue weighted by Crippen LogP contribution is 2.01. The molecule has 0 spiro atoms. The summed E-state index contributed by atoms with van der Waals surface area (Å²) in [5, 5.41) is 0.812. The van der Waals surface area contributed by atoms with Crippen LogP contribution in [0.2, 0.25) is 0 Å². The van der Waals surface area contributed by atoms with E-state index in [1.54, 1.807) is 0 Å². The first-order chi connectivity index (χ1) is 4.81. The molecule has 0 aliphatic heterocycles. The first kappa shape index (κ1) is 12.0. The normalized spacial score (nSPS) is 10.7. The molecule has 0 saturated heterocycles. The van der Waals surface area contributed by atoms with Crippen molar-refractivity contribution in [1.29, 1.82) is 0 Å². The first-order valence-electron chi connectivity index (χ1n) is 3.13. The fourth-order valence-electron chi connectivity index (χ4n) is 0.327. The van der Waals surface area contributed by atoms with Gasteiger partial charge in [0.15, 0.2) is 0 Å². The van der Waals surface area contributed by atoms with Crippen molar-refractivity contribution in [1.82, 2.24) is 0 Å². The lowest BCUT2D eigenvalue weighted by molar-refractivity contribution is 1.22. The highest BCUT2D eigenvalue weighted by Gasteiger charge is 1.75. The molecule has 0 saturated carbocycles. The molecular weight excluding hydrogens is 144 g/mol. The van der Waals surface area contributed by atoms with E-state index < -0.39 is 0 Å². The van der Waals surface area contributed by atoms with Gasteiger partial charge in [-0.05, 0) is 19.4 Å². The van der Waals surface area contributed by atoms with Gasteiger partial charge in [0, 0.05) is 5.03 Å². The van der Waals surface area contributed by atoms with Gasteiger partial charge in [-0.25, -0.2) is 0 Å². The molecule has 0 atom stereocenters. The Morgan fingerprint density at radius 2 is 2.00 bits per heavy atom. The third kappa shape index (κ3) is 10.3. The van der Waals surface area contributed by atoms with E-state index in [9.17, 15) is 0 Å². The summed E-state index contributed by atoms with van der Waals surface area (Å²) in [5.41, 5.74) is 0. The third-order valence-electron chi connectivity index (χ3n) is 0.789. The Morgan fingerprint density at radius 1 is 1.50 bits per heavy atom. The van der Waals surface area contributed by atoms with Gasteiger partial charge in [-0.1, -0.05) is 30.7 Å². The van der Waals surface area contributed by atoms with Gasteiger partial charge < -0.3 is 0 Å². The number of terminal acetylenes is 1. The van der Waals surface area contributed by atoms with Crippen LogP contribution >= 0.6 is 11.6 Å². The van der Waals surface area contributed by atoms with Crippen LogP contribution in [0.4, 0.5) is 0 Å². The fourth-order valence-corrected chi connectivity index (χ4v) is 0.416. The molecule has 0 radical (unpaired) electrons. The Morgan fingerprint density at radius 3 is 2.30 bits per heavy atom. The van der Waals surface area contributed by atoms with Crippen LogP contribution < -0.4 is 0 Å². The van der Waals surface area contributed by atoms with E-state index in [0.29, 0.717) is 0 Å². The molecule has 0 aliphatic rings. The summed E-state index contributed by atoms with van der Waals surface area (Å²) in [4.78, 5) is 0. The second kappa shape index (κ2) is 11.2. The molecule has 0 heterocycles. The Kier molecular flexibility index (Phi) is 13.5. The van der Waals surface area contributed by atoms with E-state index in [4.69, 9.17) is 11.6 Å². The Balaban J connectivity index is 0. The van der Waals surface area contributed by atoms with Crippen molar-refractivity contribution in [2.24, 2.45) is 0 Å². The summed E-state index contributed by atoms with van der Waals surface area (Å²) >= 11 is 5.62. The number of hydrogen-bond donors (Lipinski definition) is 0. The van der Waals surface area contributed by atoms with Crippen molar-refractivity contribution >= 4 is 11.6 Å². The van der Waals surface area contributed by atoms with Crippen LogP contribution in [0.3, 0.4) is 0 Å². The van der Waals surface area contributed by atoms with Gasteiger partial charge >= 0.3 is 0 Å². The number of halogens is 1. The van der Waals surface area contributed by atoms with E-state index in [2.05, 4.69) is 19.8 Å². The van der Waals surface area contributed by atoms with Crippen LogP contribution in [0.15, 0.2) is 23.3 Å².